The third kappa shape index (κ3) is 2.62. The summed E-state index contributed by atoms with van der Waals surface area (Å²) in [6, 6.07) is 7.93. The van der Waals surface area contributed by atoms with Crippen LogP contribution in [0.2, 0.25) is 0 Å². The molecule has 0 spiro atoms. The molecular weight excluding hydrogens is 216 g/mol. The van der Waals surface area contributed by atoms with Crippen LogP contribution >= 0.6 is 0 Å². The van der Waals surface area contributed by atoms with Crippen molar-refractivity contribution in [2.75, 3.05) is 7.11 Å². The van der Waals surface area contributed by atoms with E-state index >= 15 is 0 Å². The van der Waals surface area contributed by atoms with E-state index in [0.717, 1.165) is 18.0 Å². The van der Waals surface area contributed by atoms with Crippen LogP contribution in [-0.2, 0) is 20.0 Å². The molecule has 1 aromatic heterocycles. The molecule has 0 saturated heterocycles. The molecule has 5 nitrogen and oxygen atoms in total. The molecule has 2 N–H and O–H groups in total. The van der Waals surface area contributed by atoms with E-state index in [4.69, 9.17) is 10.5 Å². The minimum atomic E-state index is 0.371. The lowest BCUT2D eigenvalue weighted by Gasteiger charge is -2.02. The van der Waals surface area contributed by atoms with Crippen molar-refractivity contribution in [2.24, 2.45) is 12.8 Å². The van der Waals surface area contributed by atoms with E-state index in [9.17, 15) is 0 Å². The van der Waals surface area contributed by atoms with Gasteiger partial charge in [0, 0.05) is 13.5 Å². The molecule has 1 aromatic carbocycles. The van der Waals surface area contributed by atoms with Crippen LogP contribution in [0.25, 0.3) is 0 Å². The van der Waals surface area contributed by atoms with Gasteiger partial charge in [-0.15, -0.1) is 0 Å². The minimum absolute atomic E-state index is 0.371. The highest BCUT2D eigenvalue weighted by Crippen LogP contribution is 2.13. The number of aryl methyl sites for hydroxylation is 1. The van der Waals surface area contributed by atoms with Crippen LogP contribution in [0.3, 0.4) is 0 Å². The van der Waals surface area contributed by atoms with Gasteiger partial charge in [-0.05, 0) is 17.7 Å². The summed E-state index contributed by atoms with van der Waals surface area (Å²) in [5.41, 5.74) is 6.68. The quantitative estimate of drug-likeness (QED) is 0.849. The van der Waals surface area contributed by atoms with Crippen LogP contribution in [0.5, 0.6) is 5.75 Å². The summed E-state index contributed by atoms with van der Waals surface area (Å²) in [4.78, 5) is 4.36. The third-order valence-corrected chi connectivity index (χ3v) is 2.60. The highest BCUT2D eigenvalue weighted by Gasteiger charge is 2.06. The Morgan fingerprint density at radius 1 is 1.29 bits per heavy atom. The molecule has 17 heavy (non-hydrogen) atoms. The smallest absolute Gasteiger partial charge is 0.164 e. The van der Waals surface area contributed by atoms with Crippen LogP contribution < -0.4 is 10.5 Å². The molecule has 1 heterocycles. The van der Waals surface area contributed by atoms with Crippen molar-refractivity contribution >= 4 is 0 Å². The molecule has 90 valence electrons. The number of hydrogen-bond donors (Lipinski definition) is 1. The number of nitrogens with zero attached hydrogens (tertiary/aromatic N) is 3. The van der Waals surface area contributed by atoms with Gasteiger partial charge in [0.2, 0.25) is 0 Å². The molecule has 0 aliphatic carbocycles. The van der Waals surface area contributed by atoms with Crippen molar-refractivity contribution in [3.05, 3.63) is 41.5 Å². The number of ether oxygens (including phenoxy) is 1. The topological polar surface area (TPSA) is 66.0 Å². The third-order valence-electron chi connectivity index (χ3n) is 2.60. The molecule has 0 bridgehead atoms. The number of rotatable bonds is 4. The highest BCUT2D eigenvalue weighted by atomic mass is 16.5. The first-order chi connectivity index (χ1) is 8.22. The molecule has 2 aromatic rings. The first kappa shape index (κ1) is 11.6. The summed E-state index contributed by atoms with van der Waals surface area (Å²) in [6.45, 7) is 0.371. The van der Waals surface area contributed by atoms with E-state index in [1.807, 2.05) is 31.3 Å². The first-order valence-electron chi connectivity index (χ1n) is 5.44. The molecule has 0 aliphatic rings. The van der Waals surface area contributed by atoms with Gasteiger partial charge >= 0.3 is 0 Å². The average Bonchev–Trinajstić information content (AvgIpc) is 2.71. The number of nitrogens with two attached hydrogens (primary N) is 1. The SMILES string of the molecule is COc1ccc(Cc2nc(CN)nn2C)cc1. The van der Waals surface area contributed by atoms with E-state index in [1.165, 1.54) is 5.56 Å². The maximum Gasteiger partial charge on any atom is 0.164 e. The Bertz CT molecular complexity index is 490. The molecule has 0 fully saturated rings. The van der Waals surface area contributed by atoms with Crippen LogP contribution in [0.1, 0.15) is 17.2 Å². The van der Waals surface area contributed by atoms with Crippen molar-refractivity contribution in [1.29, 1.82) is 0 Å². The summed E-state index contributed by atoms with van der Waals surface area (Å²) in [7, 11) is 3.54. The Morgan fingerprint density at radius 3 is 2.53 bits per heavy atom. The number of aromatic nitrogens is 3. The summed E-state index contributed by atoms with van der Waals surface area (Å²) in [6.07, 6.45) is 0.744. The predicted octanol–water partition coefficient (Wildman–Crippen LogP) is 0.873. The molecule has 0 saturated carbocycles. The summed E-state index contributed by atoms with van der Waals surface area (Å²) < 4.78 is 6.89. The zero-order chi connectivity index (χ0) is 12.3. The molecule has 0 amide bonds. The second kappa shape index (κ2) is 4.97. The van der Waals surface area contributed by atoms with Crippen LogP contribution in [0.15, 0.2) is 24.3 Å². The van der Waals surface area contributed by atoms with E-state index in [1.54, 1.807) is 11.8 Å². The van der Waals surface area contributed by atoms with Crippen molar-refractivity contribution in [2.45, 2.75) is 13.0 Å². The molecule has 0 aliphatic heterocycles. The first-order valence-corrected chi connectivity index (χ1v) is 5.44. The Kier molecular flexibility index (Phi) is 3.39. The predicted molar refractivity (Wildman–Crippen MR) is 64.7 cm³/mol. The highest BCUT2D eigenvalue weighted by molar-refractivity contribution is 5.28. The number of hydrogen-bond acceptors (Lipinski definition) is 4. The number of benzene rings is 1. The maximum atomic E-state index is 5.51. The normalized spacial score (nSPS) is 10.5. The molecule has 5 heteroatoms. The van der Waals surface area contributed by atoms with Crippen LogP contribution in [0.4, 0.5) is 0 Å². The van der Waals surface area contributed by atoms with E-state index in [0.29, 0.717) is 12.4 Å². The van der Waals surface area contributed by atoms with Crippen molar-refractivity contribution in [3.8, 4) is 5.75 Å². The van der Waals surface area contributed by atoms with E-state index in [-0.39, 0.29) is 0 Å². The second-order valence-electron chi connectivity index (χ2n) is 3.80. The largest absolute Gasteiger partial charge is 0.497 e. The molecular formula is C12H16N4O. The standard InChI is InChI=1S/C12H16N4O/c1-16-12(14-11(8-13)15-16)7-9-3-5-10(17-2)6-4-9/h3-6H,7-8,13H2,1-2H3. The number of methoxy groups -OCH3 is 1. The zero-order valence-corrected chi connectivity index (χ0v) is 10.1. The molecule has 0 atom stereocenters. The van der Waals surface area contributed by atoms with E-state index in [2.05, 4.69) is 10.1 Å². The van der Waals surface area contributed by atoms with Gasteiger partial charge in [0.05, 0.1) is 13.7 Å². The summed E-state index contributed by atoms with van der Waals surface area (Å²) >= 11 is 0. The summed E-state index contributed by atoms with van der Waals surface area (Å²) in [5.74, 6) is 2.45. The second-order valence-corrected chi connectivity index (χ2v) is 3.80. The van der Waals surface area contributed by atoms with Crippen LogP contribution in [0, 0.1) is 0 Å². The molecule has 2 rings (SSSR count). The van der Waals surface area contributed by atoms with Crippen LogP contribution in [-0.4, -0.2) is 21.9 Å². The van der Waals surface area contributed by atoms with Gasteiger partial charge in [0.25, 0.3) is 0 Å². The lowest BCUT2D eigenvalue weighted by Crippen LogP contribution is -2.00. The lowest BCUT2D eigenvalue weighted by molar-refractivity contribution is 0.414. The Balaban J connectivity index is 2.16. The molecule has 0 radical (unpaired) electrons. The fourth-order valence-corrected chi connectivity index (χ4v) is 1.64. The summed E-state index contributed by atoms with van der Waals surface area (Å²) in [5, 5.41) is 4.21. The minimum Gasteiger partial charge on any atom is -0.497 e. The van der Waals surface area contributed by atoms with Gasteiger partial charge < -0.3 is 10.5 Å². The molecule has 0 unspecified atom stereocenters. The fraction of sp³-hybridized carbons (Fsp3) is 0.333. The van der Waals surface area contributed by atoms with Gasteiger partial charge in [-0.3, -0.25) is 4.68 Å². The Hall–Kier alpha value is -1.88. The monoisotopic (exact) mass is 232 g/mol. The lowest BCUT2D eigenvalue weighted by atomic mass is 10.1. The Labute approximate surface area is 100 Å². The van der Waals surface area contributed by atoms with Crippen molar-refractivity contribution < 1.29 is 4.74 Å². The van der Waals surface area contributed by atoms with E-state index < -0.39 is 0 Å². The van der Waals surface area contributed by atoms with Crippen molar-refractivity contribution in [1.82, 2.24) is 14.8 Å². The van der Waals surface area contributed by atoms with Crippen molar-refractivity contribution in [3.63, 3.8) is 0 Å². The fourth-order valence-electron chi connectivity index (χ4n) is 1.64. The van der Waals surface area contributed by atoms with Gasteiger partial charge in [0.1, 0.15) is 11.6 Å². The van der Waals surface area contributed by atoms with Gasteiger partial charge in [0.15, 0.2) is 5.82 Å². The average molecular weight is 232 g/mol. The van der Waals surface area contributed by atoms with Gasteiger partial charge in [-0.25, -0.2) is 4.98 Å². The van der Waals surface area contributed by atoms with Gasteiger partial charge in [-0.2, -0.15) is 5.10 Å². The zero-order valence-electron chi connectivity index (χ0n) is 10.1. The Morgan fingerprint density at radius 2 is 2.00 bits per heavy atom. The van der Waals surface area contributed by atoms with Gasteiger partial charge in [-0.1, -0.05) is 12.1 Å². The maximum absolute atomic E-state index is 5.51.